The third kappa shape index (κ3) is 5.70. The molecule has 13 heteroatoms. The lowest BCUT2D eigenvalue weighted by molar-refractivity contribution is -0.151. The summed E-state index contributed by atoms with van der Waals surface area (Å²) >= 11 is 6.91. The summed E-state index contributed by atoms with van der Waals surface area (Å²) in [5, 5.41) is 8.69. The van der Waals surface area contributed by atoms with Gasteiger partial charge in [0.15, 0.2) is 5.82 Å². The first-order chi connectivity index (χ1) is 25.2. The van der Waals surface area contributed by atoms with Crippen LogP contribution in [0.25, 0.3) is 33.1 Å². The van der Waals surface area contributed by atoms with Crippen molar-refractivity contribution in [3.63, 3.8) is 0 Å². The molecule has 5 fully saturated rings. The number of benzene rings is 1. The van der Waals surface area contributed by atoms with E-state index in [9.17, 15) is 0 Å². The van der Waals surface area contributed by atoms with Gasteiger partial charge in [-0.2, -0.15) is 15.1 Å². The van der Waals surface area contributed by atoms with Gasteiger partial charge in [-0.25, -0.2) is 9.37 Å². The van der Waals surface area contributed by atoms with Gasteiger partial charge in [0.1, 0.15) is 22.4 Å². The van der Waals surface area contributed by atoms with Crippen LogP contribution in [0, 0.1) is 18.2 Å². The Morgan fingerprint density at radius 1 is 1.06 bits per heavy atom. The van der Waals surface area contributed by atoms with E-state index in [-0.39, 0.29) is 46.3 Å². The molecule has 1 unspecified atom stereocenters. The molecule has 4 aromatic rings. The summed E-state index contributed by atoms with van der Waals surface area (Å²) in [4.78, 5) is 19.7. The third-order valence-corrected chi connectivity index (χ3v) is 13.3. The number of fused-ring (bicyclic) bond motifs is 3. The molecule has 1 spiro atoms. The number of likely N-dealkylation sites (tertiary alicyclic amines) is 1. The van der Waals surface area contributed by atoms with Crippen LogP contribution < -0.4 is 14.4 Å². The highest BCUT2D eigenvalue weighted by Crippen LogP contribution is 2.50. The topological polar surface area (TPSA) is 111 Å². The molecule has 278 valence electrons. The predicted molar refractivity (Wildman–Crippen MR) is 198 cm³/mol. The van der Waals surface area contributed by atoms with E-state index in [1.54, 1.807) is 13.3 Å². The van der Waals surface area contributed by atoms with Gasteiger partial charge in [-0.05, 0) is 90.3 Å². The van der Waals surface area contributed by atoms with Crippen molar-refractivity contribution in [1.29, 1.82) is 0 Å². The predicted octanol–water partition coefficient (Wildman–Crippen LogP) is 7.41. The maximum absolute atomic E-state index is 17.3. The van der Waals surface area contributed by atoms with Crippen molar-refractivity contribution >= 4 is 39.2 Å². The number of ether oxygens (including phenoxy) is 4. The van der Waals surface area contributed by atoms with Gasteiger partial charge in [0.2, 0.25) is 5.88 Å². The second-order valence-electron chi connectivity index (χ2n) is 16.1. The van der Waals surface area contributed by atoms with Crippen LogP contribution >= 0.6 is 11.6 Å². The summed E-state index contributed by atoms with van der Waals surface area (Å²) in [6.07, 6.45) is 12.8. The van der Waals surface area contributed by atoms with Gasteiger partial charge in [0.25, 0.3) is 0 Å². The zero-order valence-corrected chi connectivity index (χ0v) is 31.4. The Kier molecular flexibility index (Phi) is 8.75. The van der Waals surface area contributed by atoms with E-state index in [1.807, 2.05) is 13.0 Å². The van der Waals surface area contributed by atoms with E-state index < -0.39 is 5.82 Å². The average Bonchev–Trinajstić information content (AvgIpc) is 3.78. The zero-order chi connectivity index (χ0) is 35.8. The smallest absolute Gasteiger partial charge is 0.319 e. The maximum Gasteiger partial charge on any atom is 0.319 e. The van der Waals surface area contributed by atoms with E-state index >= 15 is 4.39 Å². The fraction of sp³-hybridized carbons (Fsp3) is 0.641. The molecule has 0 radical (unpaired) electrons. The van der Waals surface area contributed by atoms with E-state index in [4.69, 9.17) is 45.5 Å². The summed E-state index contributed by atoms with van der Waals surface area (Å²) < 4.78 is 42.2. The number of nitrogens with one attached hydrogen (secondary N) is 1. The molecule has 3 aromatic heterocycles. The normalized spacial score (nSPS) is 30.9. The molecule has 6 atom stereocenters. The molecular formula is C39H49ClFN7O4. The molecule has 5 aliphatic rings. The number of rotatable bonds is 7. The van der Waals surface area contributed by atoms with Crippen LogP contribution in [-0.4, -0.2) is 99.9 Å². The summed E-state index contributed by atoms with van der Waals surface area (Å²) in [6.45, 7) is 10.0. The Bertz CT molecular complexity index is 2000. The lowest BCUT2D eigenvalue weighted by atomic mass is 9.74. The Hall–Kier alpha value is -3.32. The number of halogens is 2. The molecule has 11 nitrogen and oxygen atoms in total. The van der Waals surface area contributed by atoms with Crippen LogP contribution in [-0.2, 0) is 9.47 Å². The maximum atomic E-state index is 17.3. The number of pyridine rings is 1. The number of methoxy groups -OCH3 is 1. The van der Waals surface area contributed by atoms with Crippen molar-refractivity contribution in [2.24, 2.45) is 5.41 Å². The SMILES string of the molecule is COc1nc(-c2c(Cl)c(C)cc3[nH]ncc23)c(F)c2nc(OC[C@]34CCC[C@H]3N(C3C[C@@H](C)O[C@@H](C)C3)CCC4)nc(N3CCC[C@]4(CCO4)C3)c12. The largest absolute Gasteiger partial charge is 0.480 e. The number of H-pyrrole nitrogens is 1. The minimum Gasteiger partial charge on any atom is -0.480 e. The van der Waals surface area contributed by atoms with Crippen LogP contribution in [0.3, 0.4) is 0 Å². The number of piperidine rings is 2. The molecule has 1 N–H and O–H groups in total. The highest BCUT2D eigenvalue weighted by Gasteiger charge is 2.51. The van der Waals surface area contributed by atoms with Crippen molar-refractivity contribution in [2.45, 2.75) is 115 Å². The number of hydrogen-bond acceptors (Lipinski definition) is 10. The summed E-state index contributed by atoms with van der Waals surface area (Å²) in [6, 6.07) is 3.00. The molecule has 7 heterocycles. The Balaban J connectivity index is 1.13. The molecule has 1 aliphatic carbocycles. The van der Waals surface area contributed by atoms with E-state index in [2.05, 4.69) is 33.8 Å². The van der Waals surface area contributed by atoms with Crippen LogP contribution in [0.2, 0.25) is 5.02 Å². The first-order valence-electron chi connectivity index (χ1n) is 19.2. The minimum absolute atomic E-state index is 0.0158. The molecule has 4 saturated heterocycles. The van der Waals surface area contributed by atoms with Crippen molar-refractivity contribution in [1.82, 2.24) is 30.0 Å². The van der Waals surface area contributed by atoms with Crippen molar-refractivity contribution in [2.75, 3.05) is 44.9 Å². The molecule has 9 rings (SSSR count). The Morgan fingerprint density at radius 2 is 1.85 bits per heavy atom. The summed E-state index contributed by atoms with van der Waals surface area (Å²) in [5.74, 6) is 0.187. The molecule has 1 aromatic carbocycles. The number of hydrogen-bond donors (Lipinski definition) is 1. The number of aromatic nitrogens is 5. The fourth-order valence-corrected chi connectivity index (χ4v) is 10.6. The molecule has 4 aliphatic heterocycles. The first kappa shape index (κ1) is 34.4. The second-order valence-corrected chi connectivity index (χ2v) is 16.5. The Morgan fingerprint density at radius 3 is 2.62 bits per heavy atom. The lowest BCUT2D eigenvalue weighted by Crippen LogP contribution is -2.57. The molecule has 0 amide bonds. The quantitative estimate of drug-likeness (QED) is 0.206. The fourth-order valence-electron chi connectivity index (χ4n) is 10.4. The van der Waals surface area contributed by atoms with Crippen molar-refractivity contribution < 1.29 is 23.3 Å². The van der Waals surface area contributed by atoms with Crippen LogP contribution in [0.4, 0.5) is 10.2 Å². The number of aromatic amines is 1. The lowest BCUT2D eigenvalue weighted by Gasteiger charge is -2.51. The molecule has 1 saturated carbocycles. The Labute approximate surface area is 308 Å². The van der Waals surface area contributed by atoms with Gasteiger partial charge in [-0.15, -0.1) is 0 Å². The highest BCUT2D eigenvalue weighted by atomic mass is 35.5. The second kappa shape index (κ2) is 13.2. The standard InChI is InChI=1S/C39H49ClFN7O4/c1-22-16-27-26(19-42-46-27)29(31(22)40)33-32(41)34-30(36(43-33)49-4)35(47-13-7-11-39(20-47)12-15-51-39)45-37(44-34)50-21-38-9-5-8-28(38)48(14-6-10-38)25-17-23(2)52-24(3)18-25/h16,19,23-25,28H,5-15,17-18,20-21H2,1-4H3,(H,42,46)/t23-,24+,25?,28-,38-,39+/m1/s1. The molecule has 52 heavy (non-hydrogen) atoms. The molecule has 0 bridgehead atoms. The number of nitrogens with zero attached hydrogens (tertiary/aromatic N) is 6. The minimum atomic E-state index is -0.602. The molecular weight excluding hydrogens is 685 g/mol. The van der Waals surface area contributed by atoms with Gasteiger partial charge >= 0.3 is 6.01 Å². The van der Waals surface area contributed by atoms with Gasteiger partial charge in [0.05, 0.1) is 54.9 Å². The summed E-state index contributed by atoms with van der Waals surface area (Å²) in [7, 11) is 1.55. The van der Waals surface area contributed by atoms with Crippen molar-refractivity contribution in [3.05, 3.63) is 28.7 Å². The van der Waals surface area contributed by atoms with Gasteiger partial charge in [0, 0.05) is 48.0 Å². The zero-order valence-electron chi connectivity index (χ0n) is 30.6. The van der Waals surface area contributed by atoms with Crippen LogP contribution in [0.1, 0.15) is 83.6 Å². The van der Waals surface area contributed by atoms with Gasteiger partial charge in [-0.3, -0.25) is 10.00 Å². The highest BCUT2D eigenvalue weighted by molar-refractivity contribution is 6.35. The van der Waals surface area contributed by atoms with Crippen LogP contribution in [0.5, 0.6) is 11.9 Å². The first-order valence-corrected chi connectivity index (χ1v) is 19.6. The number of anilines is 1. The third-order valence-electron chi connectivity index (χ3n) is 12.8. The monoisotopic (exact) mass is 733 g/mol. The van der Waals surface area contributed by atoms with Gasteiger partial charge < -0.3 is 23.8 Å². The van der Waals surface area contributed by atoms with Crippen LogP contribution in [0.15, 0.2) is 12.3 Å². The number of aryl methyl sites for hydroxylation is 1. The summed E-state index contributed by atoms with van der Waals surface area (Å²) in [5.41, 5.74) is 1.86. The van der Waals surface area contributed by atoms with E-state index in [0.717, 1.165) is 88.6 Å². The van der Waals surface area contributed by atoms with E-state index in [1.165, 1.54) is 6.42 Å². The average molecular weight is 734 g/mol. The van der Waals surface area contributed by atoms with Gasteiger partial charge in [-0.1, -0.05) is 18.0 Å². The van der Waals surface area contributed by atoms with Crippen molar-refractivity contribution in [3.8, 4) is 23.1 Å². The van der Waals surface area contributed by atoms with E-state index in [0.29, 0.717) is 52.4 Å².